The second-order valence-electron chi connectivity index (χ2n) is 8.16. The second-order valence-corrected chi connectivity index (χ2v) is 10.2. The fraction of sp³-hybridized carbons (Fsp3) is 0.227. The Balaban J connectivity index is 1.36. The third-order valence-corrected chi connectivity index (χ3v) is 7.81. The van der Waals surface area contributed by atoms with Crippen LogP contribution in [0.2, 0.25) is 0 Å². The molecule has 2 aliphatic rings. The van der Waals surface area contributed by atoms with E-state index >= 15 is 0 Å². The summed E-state index contributed by atoms with van der Waals surface area (Å²) < 4.78 is 6.94. The number of carboxylic acids is 2. The monoisotopic (exact) mass is 559 g/mol. The lowest BCUT2D eigenvalue weighted by atomic mass is 10.0. The smallest absolute Gasteiger partial charge is 0.371 e. The predicted molar refractivity (Wildman–Crippen MR) is 133 cm³/mol. The molecule has 2 atom stereocenters. The van der Waals surface area contributed by atoms with Crippen molar-refractivity contribution >= 4 is 68.7 Å². The first-order chi connectivity index (χ1) is 18.2. The molecule has 2 aliphatic heterocycles. The van der Waals surface area contributed by atoms with Crippen molar-refractivity contribution in [1.82, 2.24) is 15.2 Å². The van der Waals surface area contributed by atoms with Crippen LogP contribution in [0.3, 0.4) is 0 Å². The number of aromatic nitrogens is 2. The Morgan fingerprint density at radius 2 is 2.16 bits per heavy atom. The molecule has 0 radical (unpaired) electrons. The van der Waals surface area contributed by atoms with E-state index in [1.165, 1.54) is 30.3 Å². The van der Waals surface area contributed by atoms with Crippen LogP contribution in [0.5, 0.6) is 0 Å². The molecular weight excluding hydrogens is 540 g/mol. The first kappa shape index (κ1) is 25.2. The summed E-state index contributed by atoms with van der Waals surface area (Å²) in [5, 5.41) is 27.0. The number of carbonyl (C=O) groups is 4. The maximum atomic E-state index is 13.0. The number of carbonyl (C=O) groups excluding carboxylic acids is 2. The molecule has 0 aliphatic carbocycles. The molecular formula is C22H19N6O8S2+. The van der Waals surface area contributed by atoms with E-state index in [1.54, 1.807) is 23.0 Å². The number of anilines is 1. The molecule has 1 unspecified atom stereocenters. The molecule has 3 aromatic rings. The number of β-lactam (4-membered cyclic amide) rings is 1. The van der Waals surface area contributed by atoms with Gasteiger partial charge in [-0.25, -0.2) is 19.1 Å². The van der Waals surface area contributed by atoms with Crippen molar-refractivity contribution in [1.29, 1.82) is 0 Å². The van der Waals surface area contributed by atoms with E-state index in [-0.39, 0.29) is 40.3 Å². The van der Waals surface area contributed by atoms with Crippen LogP contribution < -0.4 is 15.6 Å². The molecule has 0 bridgehead atoms. The number of thioether (sulfide) groups is 1. The summed E-state index contributed by atoms with van der Waals surface area (Å²) in [5.41, 5.74) is 6.34. The van der Waals surface area contributed by atoms with Crippen molar-refractivity contribution in [3.8, 4) is 0 Å². The van der Waals surface area contributed by atoms with Crippen molar-refractivity contribution in [3.63, 3.8) is 0 Å². The van der Waals surface area contributed by atoms with E-state index in [0.29, 0.717) is 16.5 Å². The van der Waals surface area contributed by atoms with E-state index in [2.05, 4.69) is 15.5 Å². The van der Waals surface area contributed by atoms with Gasteiger partial charge >= 0.3 is 11.9 Å². The quantitative estimate of drug-likeness (QED) is 0.127. The summed E-state index contributed by atoms with van der Waals surface area (Å²) in [6, 6.07) is 1.97. The van der Waals surface area contributed by atoms with Crippen molar-refractivity contribution in [2.45, 2.75) is 18.0 Å². The van der Waals surface area contributed by atoms with Crippen LogP contribution in [0.4, 0.5) is 5.13 Å². The average molecular weight is 560 g/mol. The number of furan rings is 1. The summed E-state index contributed by atoms with van der Waals surface area (Å²) in [6.07, 6.45) is 3.26. The number of hydrogen-bond donors (Lipinski definition) is 4. The van der Waals surface area contributed by atoms with Gasteiger partial charge in [-0.3, -0.25) is 14.5 Å². The van der Waals surface area contributed by atoms with Crippen LogP contribution in [-0.4, -0.2) is 73.8 Å². The Hall–Kier alpha value is -4.44. The minimum absolute atomic E-state index is 0.140. The molecule has 0 spiro atoms. The maximum absolute atomic E-state index is 13.0. The number of nitrogens with zero attached hydrogens (tertiary/aromatic N) is 4. The molecule has 0 aromatic carbocycles. The first-order valence-electron chi connectivity index (χ1n) is 10.9. The standard InChI is InChI=1S/C22H18N6O8S2/c1-35-26-14(11-8-38-22(23)24-11)17(29)25-15-18(30)28-16(21(33)34)10(7-37-19(15)28)6-27-3-2-12-9(5-27)4-13(36-12)20(31)32/h2-5,8,15,19H,6-7H2,1H3,(H4-,23,24,25,29,31,32,33,34)/p+1/t15?,19-/m0/s1. The SMILES string of the molecule is CON=C(C(=O)NC1C(=O)N2C(C(=O)O)=C(C[n+]3ccc4oc(C(=O)O)cc4c3)CS[C@@H]12)c1csc(N)n1. The predicted octanol–water partition coefficient (Wildman–Crippen LogP) is 0.247. The van der Waals surface area contributed by atoms with E-state index in [0.717, 1.165) is 16.2 Å². The number of carboxylic acid groups (broad SMARTS) is 2. The summed E-state index contributed by atoms with van der Waals surface area (Å²) in [5.74, 6) is -3.71. The molecule has 5 rings (SSSR count). The van der Waals surface area contributed by atoms with Gasteiger partial charge in [0, 0.05) is 28.8 Å². The van der Waals surface area contributed by atoms with Crippen molar-refractivity contribution < 1.29 is 43.2 Å². The Morgan fingerprint density at radius 1 is 1.37 bits per heavy atom. The van der Waals surface area contributed by atoms with Gasteiger partial charge in [0.15, 0.2) is 29.8 Å². The number of fused-ring (bicyclic) bond motifs is 2. The number of nitrogens with one attached hydrogen (secondary N) is 1. The molecule has 1 fully saturated rings. The Labute approximate surface area is 221 Å². The minimum Gasteiger partial charge on any atom is -0.477 e. The highest BCUT2D eigenvalue weighted by molar-refractivity contribution is 8.00. The Bertz CT molecular complexity index is 1560. The van der Waals surface area contributed by atoms with Gasteiger partial charge in [0.05, 0.1) is 5.39 Å². The van der Waals surface area contributed by atoms with Crippen LogP contribution >= 0.6 is 23.1 Å². The van der Waals surface area contributed by atoms with Gasteiger partial charge in [-0.2, -0.15) is 0 Å². The zero-order valence-electron chi connectivity index (χ0n) is 19.5. The van der Waals surface area contributed by atoms with E-state index in [4.69, 9.17) is 20.1 Å². The maximum Gasteiger partial charge on any atom is 0.371 e. The van der Waals surface area contributed by atoms with Gasteiger partial charge < -0.3 is 30.5 Å². The number of oxime groups is 1. The fourth-order valence-electron chi connectivity index (χ4n) is 4.17. The van der Waals surface area contributed by atoms with E-state index < -0.39 is 35.2 Å². The number of aliphatic carboxylic acids is 1. The Morgan fingerprint density at radius 3 is 2.82 bits per heavy atom. The Kier molecular flexibility index (Phi) is 6.50. The third kappa shape index (κ3) is 4.43. The number of pyridine rings is 1. The highest BCUT2D eigenvalue weighted by Gasteiger charge is 2.54. The number of aromatic carboxylic acids is 1. The highest BCUT2D eigenvalue weighted by Crippen LogP contribution is 2.40. The number of amides is 2. The van der Waals surface area contributed by atoms with Crippen LogP contribution in [0.25, 0.3) is 11.0 Å². The largest absolute Gasteiger partial charge is 0.477 e. The minimum atomic E-state index is -1.28. The lowest BCUT2D eigenvalue weighted by Crippen LogP contribution is -2.71. The molecule has 2 amide bonds. The molecule has 38 heavy (non-hydrogen) atoms. The topological polar surface area (TPSA) is 202 Å². The third-order valence-electron chi connectivity index (χ3n) is 5.80. The molecule has 16 heteroatoms. The number of rotatable bonds is 8. The molecule has 14 nitrogen and oxygen atoms in total. The normalized spacial score (nSPS) is 19.2. The van der Waals surface area contributed by atoms with Gasteiger partial charge in [-0.05, 0) is 0 Å². The summed E-state index contributed by atoms with van der Waals surface area (Å²) in [7, 11) is 1.26. The molecule has 0 saturated carbocycles. The number of thiazole rings is 1. The number of nitrogen functional groups attached to an aromatic ring is 1. The highest BCUT2D eigenvalue weighted by atomic mass is 32.2. The van der Waals surface area contributed by atoms with Crippen LogP contribution in [0.15, 0.2) is 50.7 Å². The van der Waals surface area contributed by atoms with E-state index in [9.17, 15) is 24.3 Å². The van der Waals surface area contributed by atoms with Gasteiger partial charge in [-0.1, -0.05) is 5.16 Å². The average Bonchev–Trinajstić information content (AvgIpc) is 3.51. The summed E-state index contributed by atoms with van der Waals surface area (Å²) in [4.78, 5) is 59.2. The zero-order chi connectivity index (χ0) is 27.1. The molecule has 5 heterocycles. The van der Waals surface area contributed by atoms with Gasteiger partial charge in [0.25, 0.3) is 11.8 Å². The van der Waals surface area contributed by atoms with Gasteiger partial charge in [0.2, 0.25) is 5.76 Å². The molecule has 1 saturated heterocycles. The van der Waals surface area contributed by atoms with Crippen molar-refractivity contribution in [3.05, 3.63) is 52.6 Å². The zero-order valence-corrected chi connectivity index (χ0v) is 21.1. The van der Waals surface area contributed by atoms with Gasteiger partial charge in [-0.15, -0.1) is 23.1 Å². The van der Waals surface area contributed by atoms with Crippen LogP contribution in [-0.2, 0) is 25.8 Å². The first-order valence-corrected chi connectivity index (χ1v) is 12.8. The van der Waals surface area contributed by atoms with Gasteiger partial charge in [0.1, 0.15) is 35.5 Å². The van der Waals surface area contributed by atoms with Crippen LogP contribution in [0.1, 0.15) is 16.2 Å². The summed E-state index contributed by atoms with van der Waals surface area (Å²) in [6.45, 7) is 0.140. The second kappa shape index (κ2) is 9.79. The van der Waals surface area contributed by atoms with E-state index in [1.807, 2.05) is 0 Å². The summed E-state index contributed by atoms with van der Waals surface area (Å²) >= 11 is 2.41. The van der Waals surface area contributed by atoms with Crippen molar-refractivity contribution in [2.75, 3.05) is 18.6 Å². The lowest BCUT2D eigenvalue weighted by molar-refractivity contribution is -0.687. The van der Waals surface area contributed by atoms with Crippen LogP contribution in [0, 0.1) is 0 Å². The number of nitrogens with two attached hydrogens (primary N) is 1. The fourth-order valence-corrected chi connectivity index (χ4v) is 6.05. The van der Waals surface area contributed by atoms with Crippen molar-refractivity contribution in [2.24, 2.45) is 5.16 Å². The number of hydrogen-bond acceptors (Lipinski definition) is 11. The molecule has 3 aromatic heterocycles. The molecule has 5 N–H and O–H groups in total. The molecule has 196 valence electrons. The lowest BCUT2D eigenvalue weighted by Gasteiger charge is -2.49.